The second kappa shape index (κ2) is 7.36. The van der Waals surface area contributed by atoms with Crippen LogP contribution in [0.1, 0.15) is 60.8 Å². The predicted octanol–water partition coefficient (Wildman–Crippen LogP) is 6.03. The topological polar surface area (TPSA) is 35.5 Å². The van der Waals surface area contributed by atoms with Crippen LogP contribution in [0.3, 0.4) is 0 Å². The molecular weight excluding hydrogens is 391 g/mol. The highest BCUT2D eigenvalue weighted by Crippen LogP contribution is 2.66. The summed E-state index contributed by atoms with van der Waals surface area (Å²) >= 11 is 0. The van der Waals surface area contributed by atoms with E-state index in [1.54, 1.807) is 12.1 Å². The lowest BCUT2D eigenvalue weighted by molar-refractivity contribution is -0.175. The number of benzene rings is 2. The molecule has 0 N–H and O–H groups in total. The number of hydrogen-bond donors (Lipinski definition) is 0. The molecule has 164 valence electrons. The largest absolute Gasteiger partial charge is 0.494 e. The summed E-state index contributed by atoms with van der Waals surface area (Å²) in [6, 6.07) is 11.6. The molecule has 2 atom stereocenters. The lowest BCUT2D eigenvalue weighted by Crippen LogP contribution is -2.57. The van der Waals surface area contributed by atoms with Gasteiger partial charge in [0.2, 0.25) is 0 Å². The zero-order valence-electron chi connectivity index (χ0n) is 18.7. The fourth-order valence-electron chi connectivity index (χ4n) is 7.01. The fraction of sp³-hybridized carbons (Fsp3) is 0.519. The van der Waals surface area contributed by atoms with Crippen LogP contribution in [-0.2, 0) is 21.6 Å². The molecule has 4 heteroatoms. The number of esters is 1. The summed E-state index contributed by atoms with van der Waals surface area (Å²) < 4.78 is 24.8. The maximum Gasteiger partial charge on any atom is 0.312 e. The van der Waals surface area contributed by atoms with E-state index in [1.807, 2.05) is 0 Å². The van der Waals surface area contributed by atoms with Crippen LogP contribution in [0.2, 0.25) is 0 Å². The number of ether oxygens (including phenoxy) is 2. The van der Waals surface area contributed by atoms with Crippen LogP contribution in [0.4, 0.5) is 4.39 Å². The molecular formula is C27H31FO3. The monoisotopic (exact) mass is 422 g/mol. The van der Waals surface area contributed by atoms with Crippen molar-refractivity contribution in [3.05, 3.63) is 64.5 Å². The Labute approximate surface area is 183 Å². The Morgan fingerprint density at radius 2 is 1.77 bits per heavy atom. The first-order valence-corrected chi connectivity index (χ1v) is 11.4. The molecule has 0 heterocycles. The average molecular weight is 423 g/mol. The summed E-state index contributed by atoms with van der Waals surface area (Å²) in [5, 5.41) is 0. The van der Waals surface area contributed by atoms with E-state index in [1.165, 1.54) is 49.1 Å². The molecule has 0 radical (unpaired) electrons. The van der Waals surface area contributed by atoms with Gasteiger partial charge in [-0.25, -0.2) is 4.39 Å². The van der Waals surface area contributed by atoms with Gasteiger partial charge in [-0.05, 0) is 104 Å². The minimum atomic E-state index is -0.431. The van der Waals surface area contributed by atoms with Crippen molar-refractivity contribution in [3.63, 3.8) is 0 Å². The third kappa shape index (κ3) is 3.44. The summed E-state index contributed by atoms with van der Waals surface area (Å²) in [6.45, 7) is 4.44. The van der Waals surface area contributed by atoms with Gasteiger partial charge >= 0.3 is 5.97 Å². The molecule has 0 aliphatic heterocycles. The minimum Gasteiger partial charge on any atom is -0.494 e. The first kappa shape index (κ1) is 20.5. The van der Waals surface area contributed by atoms with Crippen molar-refractivity contribution in [2.45, 2.75) is 64.4 Å². The number of methoxy groups -OCH3 is 1. The summed E-state index contributed by atoms with van der Waals surface area (Å²) in [6.07, 6.45) is 6.36. The number of carbonyl (C=O) groups excluding carboxylic acids is 1. The van der Waals surface area contributed by atoms with Crippen LogP contribution in [-0.4, -0.2) is 13.1 Å². The first-order chi connectivity index (χ1) is 14.8. The van der Waals surface area contributed by atoms with Gasteiger partial charge in [0.1, 0.15) is 6.61 Å². The summed E-state index contributed by atoms with van der Waals surface area (Å²) in [5.74, 6) is 0.861. The smallest absolute Gasteiger partial charge is 0.312 e. The highest BCUT2D eigenvalue weighted by molar-refractivity contribution is 5.78. The Balaban J connectivity index is 1.38. The molecule has 3 nitrogen and oxygen atoms in total. The number of aryl methyl sites for hydroxylation is 2. The Morgan fingerprint density at radius 1 is 1.03 bits per heavy atom. The maximum absolute atomic E-state index is 14.0. The van der Waals surface area contributed by atoms with Gasteiger partial charge < -0.3 is 9.47 Å². The molecule has 0 amide bonds. The van der Waals surface area contributed by atoms with Gasteiger partial charge in [-0.3, -0.25) is 4.79 Å². The van der Waals surface area contributed by atoms with Crippen molar-refractivity contribution in [1.82, 2.24) is 0 Å². The second-order valence-electron chi connectivity index (χ2n) is 10.4. The Morgan fingerprint density at radius 3 is 2.42 bits per heavy atom. The molecule has 31 heavy (non-hydrogen) atoms. The molecule has 2 unspecified atom stereocenters. The summed E-state index contributed by atoms with van der Waals surface area (Å²) in [7, 11) is 1.44. The molecule has 0 saturated heterocycles. The molecule has 4 saturated carbocycles. The highest BCUT2D eigenvalue weighted by atomic mass is 19.1. The SMILES string of the molecule is COc1ccc(COC(=O)C23CC4CC(C2)CC(c2ccc(C)c(C)c2)(C4)C3)cc1F. The van der Waals surface area contributed by atoms with Crippen molar-refractivity contribution in [2.75, 3.05) is 7.11 Å². The number of halogens is 1. The van der Waals surface area contributed by atoms with Gasteiger partial charge in [-0.1, -0.05) is 24.3 Å². The molecule has 2 aromatic carbocycles. The van der Waals surface area contributed by atoms with Gasteiger partial charge in [-0.15, -0.1) is 0 Å². The Bertz CT molecular complexity index is 1010. The third-order valence-corrected chi connectivity index (χ3v) is 8.20. The van der Waals surface area contributed by atoms with Gasteiger partial charge in [0, 0.05) is 0 Å². The summed E-state index contributed by atoms with van der Waals surface area (Å²) in [4.78, 5) is 13.4. The quantitative estimate of drug-likeness (QED) is 0.552. The Kier molecular flexibility index (Phi) is 4.87. The normalized spacial score (nSPS) is 31.0. The number of rotatable bonds is 5. The van der Waals surface area contributed by atoms with Crippen LogP contribution in [0.15, 0.2) is 36.4 Å². The second-order valence-corrected chi connectivity index (χ2v) is 10.4. The van der Waals surface area contributed by atoms with Crippen molar-refractivity contribution in [3.8, 4) is 5.75 Å². The minimum absolute atomic E-state index is 0.0911. The molecule has 4 aliphatic rings. The van der Waals surface area contributed by atoms with E-state index < -0.39 is 11.2 Å². The molecule has 4 fully saturated rings. The van der Waals surface area contributed by atoms with E-state index in [0.717, 1.165) is 19.3 Å². The maximum atomic E-state index is 14.0. The van der Waals surface area contributed by atoms with Gasteiger partial charge in [-0.2, -0.15) is 0 Å². The number of hydrogen-bond acceptors (Lipinski definition) is 3. The van der Waals surface area contributed by atoms with E-state index in [-0.39, 0.29) is 23.7 Å². The average Bonchev–Trinajstić information content (AvgIpc) is 2.73. The van der Waals surface area contributed by atoms with Crippen LogP contribution >= 0.6 is 0 Å². The molecule has 0 aromatic heterocycles. The lowest BCUT2D eigenvalue weighted by Gasteiger charge is -2.61. The highest BCUT2D eigenvalue weighted by Gasteiger charge is 2.61. The van der Waals surface area contributed by atoms with E-state index >= 15 is 0 Å². The fourth-order valence-corrected chi connectivity index (χ4v) is 7.01. The van der Waals surface area contributed by atoms with E-state index in [4.69, 9.17) is 9.47 Å². The third-order valence-electron chi connectivity index (χ3n) is 8.20. The predicted molar refractivity (Wildman–Crippen MR) is 117 cm³/mol. The van der Waals surface area contributed by atoms with E-state index in [2.05, 4.69) is 32.0 Å². The van der Waals surface area contributed by atoms with Crippen molar-refractivity contribution >= 4 is 5.97 Å². The number of carbonyl (C=O) groups is 1. The van der Waals surface area contributed by atoms with Gasteiger partial charge in [0.05, 0.1) is 12.5 Å². The van der Waals surface area contributed by atoms with Crippen molar-refractivity contribution in [2.24, 2.45) is 17.3 Å². The zero-order valence-corrected chi connectivity index (χ0v) is 18.7. The molecule has 6 rings (SSSR count). The molecule has 2 aromatic rings. The van der Waals surface area contributed by atoms with E-state index in [0.29, 0.717) is 17.4 Å². The van der Waals surface area contributed by atoms with Crippen molar-refractivity contribution in [1.29, 1.82) is 0 Å². The standard InChI is InChI=1S/C27H31FO3/c1-17-4-6-22(8-18(17)2)26-11-20-9-21(12-26)14-27(13-20,16-26)25(29)31-15-19-5-7-24(30-3)23(28)10-19/h4-8,10,20-21H,9,11-16H2,1-3H3. The first-order valence-electron chi connectivity index (χ1n) is 11.4. The Hall–Kier alpha value is -2.36. The van der Waals surface area contributed by atoms with Crippen LogP contribution in [0.5, 0.6) is 5.75 Å². The van der Waals surface area contributed by atoms with Crippen molar-refractivity contribution < 1.29 is 18.7 Å². The molecule has 4 bridgehead atoms. The molecule has 4 aliphatic carbocycles. The van der Waals surface area contributed by atoms with Crippen LogP contribution < -0.4 is 4.74 Å². The zero-order chi connectivity index (χ0) is 21.8. The van der Waals surface area contributed by atoms with E-state index in [9.17, 15) is 9.18 Å². The van der Waals surface area contributed by atoms with Crippen LogP contribution in [0, 0.1) is 36.9 Å². The lowest BCUT2D eigenvalue weighted by atomic mass is 9.43. The summed E-state index contributed by atoms with van der Waals surface area (Å²) in [5.41, 5.74) is 4.39. The molecule has 0 spiro atoms. The van der Waals surface area contributed by atoms with Gasteiger partial charge in [0.15, 0.2) is 11.6 Å². The van der Waals surface area contributed by atoms with Crippen LogP contribution in [0.25, 0.3) is 0 Å². The van der Waals surface area contributed by atoms with Gasteiger partial charge in [0.25, 0.3) is 0 Å².